The lowest BCUT2D eigenvalue weighted by atomic mass is 9.96. The van der Waals surface area contributed by atoms with E-state index in [1.807, 2.05) is 0 Å². The zero-order valence-corrected chi connectivity index (χ0v) is 12.3. The molecule has 18 heavy (non-hydrogen) atoms. The summed E-state index contributed by atoms with van der Waals surface area (Å²) in [6, 6.07) is 8.70. The zero-order chi connectivity index (χ0) is 13.1. The standard InChI is InChI=1S/C14H21BrN2O/c1-10(16)14(11-2-4-12(15)5-3-11)17-8-6-13(18)7-9-17/h2-5,10,13-14,18H,6-9,16H2,1H3. The molecule has 0 saturated carbocycles. The van der Waals surface area contributed by atoms with E-state index < -0.39 is 0 Å². The van der Waals surface area contributed by atoms with E-state index in [-0.39, 0.29) is 18.2 Å². The minimum absolute atomic E-state index is 0.0846. The van der Waals surface area contributed by atoms with Gasteiger partial charge in [-0.2, -0.15) is 0 Å². The number of halogens is 1. The van der Waals surface area contributed by atoms with Gasteiger partial charge < -0.3 is 10.8 Å². The van der Waals surface area contributed by atoms with Gasteiger partial charge in [-0.15, -0.1) is 0 Å². The molecule has 1 fully saturated rings. The van der Waals surface area contributed by atoms with E-state index in [4.69, 9.17) is 5.73 Å². The van der Waals surface area contributed by atoms with Crippen LogP contribution in [0.15, 0.2) is 28.7 Å². The second-order valence-electron chi connectivity index (χ2n) is 5.12. The summed E-state index contributed by atoms with van der Waals surface area (Å²) >= 11 is 3.46. The Labute approximate surface area is 117 Å². The van der Waals surface area contributed by atoms with E-state index in [1.165, 1.54) is 5.56 Å². The van der Waals surface area contributed by atoms with Crippen molar-refractivity contribution in [1.82, 2.24) is 4.90 Å². The van der Waals surface area contributed by atoms with Crippen LogP contribution in [0.25, 0.3) is 0 Å². The van der Waals surface area contributed by atoms with E-state index in [9.17, 15) is 5.11 Å². The summed E-state index contributed by atoms with van der Waals surface area (Å²) in [5.41, 5.74) is 7.41. The Morgan fingerprint density at radius 1 is 1.28 bits per heavy atom. The van der Waals surface area contributed by atoms with Crippen molar-refractivity contribution in [2.24, 2.45) is 5.73 Å². The molecule has 0 spiro atoms. The molecule has 1 aromatic carbocycles. The first kappa shape index (κ1) is 14.0. The van der Waals surface area contributed by atoms with Gasteiger partial charge in [-0.25, -0.2) is 0 Å². The van der Waals surface area contributed by atoms with Crippen molar-refractivity contribution in [3.63, 3.8) is 0 Å². The predicted molar refractivity (Wildman–Crippen MR) is 77.3 cm³/mol. The fraction of sp³-hybridized carbons (Fsp3) is 0.571. The zero-order valence-electron chi connectivity index (χ0n) is 10.7. The van der Waals surface area contributed by atoms with Crippen molar-refractivity contribution >= 4 is 15.9 Å². The Bertz CT molecular complexity index is 372. The number of piperidine rings is 1. The van der Waals surface area contributed by atoms with Crippen molar-refractivity contribution in [2.75, 3.05) is 13.1 Å². The van der Waals surface area contributed by atoms with E-state index >= 15 is 0 Å². The molecule has 4 heteroatoms. The third kappa shape index (κ3) is 3.32. The molecule has 0 aliphatic carbocycles. The summed E-state index contributed by atoms with van der Waals surface area (Å²) < 4.78 is 1.09. The SMILES string of the molecule is CC(N)C(c1ccc(Br)cc1)N1CCC(O)CC1. The largest absolute Gasteiger partial charge is 0.393 e. The maximum Gasteiger partial charge on any atom is 0.0564 e. The topological polar surface area (TPSA) is 49.5 Å². The summed E-state index contributed by atoms with van der Waals surface area (Å²) in [6.45, 7) is 3.89. The number of hydrogen-bond acceptors (Lipinski definition) is 3. The van der Waals surface area contributed by atoms with Gasteiger partial charge in [0.15, 0.2) is 0 Å². The Balaban J connectivity index is 2.15. The molecule has 2 unspecified atom stereocenters. The summed E-state index contributed by atoms with van der Waals surface area (Å²) in [5, 5.41) is 9.59. The predicted octanol–water partition coefficient (Wildman–Crippen LogP) is 2.29. The summed E-state index contributed by atoms with van der Waals surface area (Å²) in [7, 11) is 0. The van der Waals surface area contributed by atoms with Crippen LogP contribution < -0.4 is 5.73 Å². The molecule has 1 heterocycles. The van der Waals surface area contributed by atoms with Crippen LogP contribution in [0.4, 0.5) is 0 Å². The molecule has 1 saturated heterocycles. The first-order valence-corrected chi connectivity index (χ1v) is 7.30. The number of rotatable bonds is 3. The van der Waals surface area contributed by atoms with Crippen LogP contribution in [0, 0.1) is 0 Å². The molecule has 0 bridgehead atoms. The van der Waals surface area contributed by atoms with Gasteiger partial charge in [-0.05, 0) is 37.5 Å². The lowest BCUT2D eigenvalue weighted by Crippen LogP contribution is -2.44. The highest BCUT2D eigenvalue weighted by atomic mass is 79.9. The van der Waals surface area contributed by atoms with Gasteiger partial charge in [0.1, 0.15) is 0 Å². The lowest BCUT2D eigenvalue weighted by Gasteiger charge is -2.38. The molecule has 0 aromatic heterocycles. The minimum atomic E-state index is -0.139. The second kappa shape index (κ2) is 6.15. The molecule has 3 N–H and O–H groups in total. The smallest absolute Gasteiger partial charge is 0.0564 e. The van der Waals surface area contributed by atoms with Gasteiger partial charge in [-0.1, -0.05) is 28.1 Å². The summed E-state index contributed by atoms with van der Waals surface area (Å²) in [5.74, 6) is 0. The van der Waals surface area contributed by atoms with Crippen LogP contribution in [0.5, 0.6) is 0 Å². The van der Waals surface area contributed by atoms with Crippen LogP contribution in [-0.2, 0) is 0 Å². The molecule has 2 atom stereocenters. The van der Waals surface area contributed by atoms with Crippen molar-refractivity contribution < 1.29 is 5.11 Å². The highest BCUT2D eigenvalue weighted by molar-refractivity contribution is 9.10. The number of hydrogen-bond donors (Lipinski definition) is 2. The van der Waals surface area contributed by atoms with Crippen LogP contribution in [0.2, 0.25) is 0 Å². The number of benzene rings is 1. The number of aliphatic hydroxyl groups is 1. The molecule has 0 radical (unpaired) electrons. The monoisotopic (exact) mass is 312 g/mol. The van der Waals surface area contributed by atoms with Crippen molar-refractivity contribution in [3.8, 4) is 0 Å². The molecule has 2 rings (SSSR count). The average molecular weight is 313 g/mol. The van der Waals surface area contributed by atoms with E-state index in [2.05, 4.69) is 52.0 Å². The van der Waals surface area contributed by atoms with Crippen molar-refractivity contribution in [3.05, 3.63) is 34.3 Å². The molecule has 1 aliphatic rings. The van der Waals surface area contributed by atoms with Gasteiger partial charge in [-0.3, -0.25) is 4.90 Å². The van der Waals surface area contributed by atoms with E-state index in [0.717, 1.165) is 30.4 Å². The second-order valence-corrected chi connectivity index (χ2v) is 6.04. The minimum Gasteiger partial charge on any atom is -0.393 e. The molecule has 0 amide bonds. The van der Waals surface area contributed by atoms with Gasteiger partial charge in [0.2, 0.25) is 0 Å². The number of likely N-dealkylation sites (tertiary alicyclic amines) is 1. The fourth-order valence-electron chi connectivity index (χ4n) is 2.67. The van der Waals surface area contributed by atoms with Gasteiger partial charge >= 0.3 is 0 Å². The molecule has 1 aliphatic heterocycles. The van der Waals surface area contributed by atoms with Crippen LogP contribution in [-0.4, -0.2) is 35.2 Å². The molecule has 1 aromatic rings. The number of nitrogens with zero attached hydrogens (tertiary/aromatic N) is 1. The fourth-order valence-corrected chi connectivity index (χ4v) is 2.94. The van der Waals surface area contributed by atoms with Crippen molar-refractivity contribution in [2.45, 2.75) is 38.0 Å². The third-order valence-electron chi connectivity index (χ3n) is 3.60. The molecular formula is C14H21BrN2O. The van der Waals surface area contributed by atoms with Crippen molar-refractivity contribution in [1.29, 1.82) is 0 Å². The first-order chi connectivity index (χ1) is 8.58. The molecule has 100 valence electrons. The average Bonchev–Trinajstić information content (AvgIpc) is 2.34. The Hall–Kier alpha value is -0.420. The van der Waals surface area contributed by atoms with Gasteiger partial charge in [0.25, 0.3) is 0 Å². The maximum atomic E-state index is 9.59. The van der Waals surface area contributed by atoms with Crippen LogP contribution in [0.3, 0.4) is 0 Å². The first-order valence-electron chi connectivity index (χ1n) is 6.51. The van der Waals surface area contributed by atoms with Crippen LogP contribution >= 0.6 is 15.9 Å². The summed E-state index contributed by atoms with van der Waals surface area (Å²) in [4.78, 5) is 2.39. The van der Waals surface area contributed by atoms with Crippen LogP contribution in [0.1, 0.15) is 31.4 Å². The quantitative estimate of drug-likeness (QED) is 0.900. The lowest BCUT2D eigenvalue weighted by molar-refractivity contribution is 0.0548. The highest BCUT2D eigenvalue weighted by Crippen LogP contribution is 2.27. The normalized spacial score (nSPS) is 21.8. The van der Waals surface area contributed by atoms with E-state index in [0.29, 0.717) is 0 Å². The van der Waals surface area contributed by atoms with Gasteiger partial charge in [0.05, 0.1) is 6.10 Å². The van der Waals surface area contributed by atoms with Gasteiger partial charge in [0, 0.05) is 29.6 Å². The molecule has 3 nitrogen and oxygen atoms in total. The number of nitrogens with two attached hydrogens (primary N) is 1. The third-order valence-corrected chi connectivity index (χ3v) is 4.13. The Morgan fingerprint density at radius 3 is 2.33 bits per heavy atom. The maximum absolute atomic E-state index is 9.59. The molecular weight excluding hydrogens is 292 g/mol. The van der Waals surface area contributed by atoms with E-state index in [1.54, 1.807) is 0 Å². The Morgan fingerprint density at radius 2 is 1.83 bits per heavy atom. The Kier molecular flexibility index (Phi) is 4.78. The highest BCUT2D eigenvalue weighted by Gasteiger charge is 2.27. The summed E-state index contributed by atoms with van der Waals surface area (Å²) in [6.07, 6.45) is 1.55. The number of aliphatic hydroxyl groups excluding tert-OH is 1.